The van der Waals surface area contributed by atoms with E-state index in [1.54, 1.807) is 14.0 Å². The number of carbonyl (C=O) groups is 1. The standard InChI is InChI=1S/C12H19N3O4S/c1-3-19-12(16)10-5-4-8-15(9-10)20(17,18)11-6-7-13-14(11)2/h6-7,10H,3-5,8-9H2,1-2H3/t10-/m0/s1. The van der Waals surface area contributed by atoms with E-state index in [1.165, 1.54) is 21.3 Å². The Hall–Kier alpha value is -1.41. The van der Waals surface area contributed by atoms with Crippen molar-refractivity contribution in [2.45, 2.75) is 24.8 Å². The monoisotopic (exact) mass is 301 g/mol. The van der Waals surface area contributed by atoms with E-state index in [9.17, 15) is 13.2 Å². The van der Waals surface area contributed by atoms with Crippen molar-refractivity contribution >= 4 is 16.0 Å². The van der Waals surface area contributed by atoms with Gasteiger partial charge in [-0.25, -0.2) is 8.42 Å². The Morgan fingerprint density at radius 3 is 2.90 bits per heavy atom. The SMILES string of the molecule is CCOC(=O)[C@H]1CCCN(S(=O)(=O)c2ccnn2C)C1. The number of aromatic nitrogens is 2. The number of piperidine rings is 1. The average Bonchev–Trinajstić information content (AvgIpc) is 2.86. The van der Waals surface area contributed by atoms with E-state index in [-0.39, 0.29) is 23.5 Å². The van der Waals surface area contributed by atoms with Crippen molar-refractivity contribution in [2.24, 2.45) is 13.0 Å². The minimum absolute atomic E-state index is 0.141. The lowest BCUT2D eigenvalue weighted by molar-refractivity contribution is -0.149. The van der Waals surface area contributed by atoms with Gasteiger partial charge < -0.3 is 4.74 Å². The zero-order chi connectivity index (χ0) is 14.8. The van der Waals surface area contributed by atoms with Gasteiger partial charge in [-0.05, 0) is 25.8 Å². The van der Waals surface area contributed by atoms with Gasteiger partial charge in [-0.2, -0.15) is 9.40 Å². The molecule has 1 fully saturated rings. The van der Waals surface area contributed by atoms with E-state index in [4.69, 9.17) is 4.74 Å². The fourth-order valence-electron chi connectivity index (χ4n) is 2.36. The lowest BCUT2D eigenvalue weighted by Gasteiger charge is -2.30. The number of nitrogens with zero attached hydrogens (tertiary/aromatic N) is 3. The first-order valence-corrected chi connectivity index (χ1v) is 8.05. The highest BCUT2D eigenvalue weighted by molar-refractivity contribution is 7.89. The summed E-state index contributed by atoms with van der Waals surface area (Å²) in [6.07, 6.45) is 2.76. The second-order valence-corrected chi connectivity index (χ2v) is 6.63. The van der Waals surface area contributed by atoms with E-state index < -0.39 is 10.0 Å². The number of rotatable bonds is 4. The van der Waals surface area contributed by atoms with Gasteiger partial charge >= 0.3 is 5.97 Å². The number of sulfonamides is 1. The minimum Gasteiger partial charge on any atom is -0.466 e. The molecule has 20 heavy (non-hydrogen) atoms. The van der Waals surface area contributed by atoms with E-state index in [1.807, 2.05) is 0 Å². The van der Waals surface area contributed by atoms with Gasteiger partial charge in [0.2, 0.25) is 0 Å². The molecule has 1 aromatic heterocycles. The van der Waals surface area contributed by atoms with Crippen LogP contribution in [-0.2, 0) is 26.6 Å². The molecule has 0 amide bonds. The van der Waals surface area contributed by atoms with Crippen molar-refractivity contribution in [1.82, 2.24) is 14.1 Å². The van der Waals surface area contributed by atoms with E-state index in [2.05, 4.69) is 5.10 Å². The summed E-state index contributed by atoms with van der Waals surface area (Å²) in [5.74, 6) is -0.705. The quantitative estimate of drug-likeness (QED) is 0.751. The van der Waals surface area contributed by atoms with Crippen molar-refractivity contribution in [3.05, 3.63) is 12.3 Å². The molecule has 112 valence electrons. The average molecular weight is 301 g/mol. The van der Waals surface area contributed by atoms with Gasteiger partial charge in [0.25, 0.3) is 10.0 Å². The van der Waals surface area contributed by atoms with Gasteiger partial charge in [-0.1, -0.05) is 0 Å². The van der Waals surface area contributed by atoms with Crippen LogP contribution in [0.1, 0.15) is 19.8 Å². The highest BCUT2D eigenvalue weighted by Crippen LogP contribution is 2.24. The van der Waals surface area contributed by atoms with Crippen LogP contribution in [0, 0.1) is 5.92 Å². The highest BCUT2D eigenvalue weighted by atomic mass is 32.2. The Morgan fingerprint density at radius 2 is 2.30 bits per heavy atom. The van der Waals surface area contributed by atoms with Crippen LogP contribution in [0.15, 0.2) is 17.3 Å². The van der Waals surface area contributed by atoms with Gasteiger partial charge in [-0.3, -0.25) is 9.48 Å². The predicted octanol–water partition coefficient (Wildman–Crippen LogP) is 0.384. The minimum atomic E-state index is -3.60. The van der Waals surface area contributed by atoms with Crippen LogP contribution >= 0.6 is 0 Å². The van der Waals surface area contributed by atoms with E-state index >= 15 is 0 Å². The maximum absolute atomic E-state index is 12.5. The number of hydrogen-bond acceptors (Lipinski definition) is 5. The van der Waals surface area contributed by atoms with Crippen LogP contribution in [0.2, 0.25) is 0 Å². The van der Waals surface area contributed by atoms with Crippen molar-refractivity contribution in [3.63, 3.8) is 0 Å². The zero-order valence-electron chi connectivity index (χ0n) is 11.7. The Morgan fingerprint density at radius 1 is 1.55 bits per heavy atom. The van der Waals surface area contributed by atoms with Crippen molar-refractivity contribution in [2.75, 3.05) is 19.7 Å². The van der Waals surface area contributed by atoms with Gasteiger partial charge in [-0.15, -0.1) is 0 Å². The van der Waals surface area contributed by atoms with Crippen LogP contribution in [-0.4, -0.2) is 48.2 Å². The van der Waals surface area contributed by atoms with Crippen molar-refractivity contribution in [1.29, 1.82) is 0 Å². The normalized spacial score (nSPS) is 20.8. The molecular formula is C12H19N3O4S. The fourth-order valence-corrected chi connectivity index (χ4v) is 3.98. The Bertz CT molecular complexity index is 581. The third-order valence-corrected chi connectivity index (χ3v) is 5.32. The molecule has 0 radical (unpaired) electrons. The largest absolute Gasteiger partial charge is 0.466 e. The molecular weight excluding hydrogens is 282 g/mol. The van der Waals surface area contributed by atoms with Gasteiger partial charge in [0.15, 0.2) is 5.03 Å². The molecule has 1 saturated heterocycles. The molecule has 2 rings (SSSR count). The lowest BCUT2D eigenvalue weighted by atomic mass is 10.0. The molecule has 0 spiro atoms. The van der Waals surface area contributed by atoms with Crippen LogP contribution in [0.4, 0.5) is 0 Å². The molecule has 1 aliphatic rings. The molecule has 2 heterocycles. The number of hydrogen-bond donors (Lipinski definition) is 0. The molecule has 1 aliphatic heterocycles. The van der Waals surface area contributed by atoms with Crippen LogP contribution < -0.4 is 0 Å². The highest BCUT2D eigenvalue weighted by Gasteiger charge is 2.35. The summed E-state index contributed by atoms with van der Waals surface area (Å²) in [5, 5.41) is 4.02. The van der Waals surface area contributed by atoms with Crippen molar-refractivity contribution in [3.8, 4) is 0 Å². The summed E-state index contributed by atoms with van der Waals surface area (Å²) in [6.45, 7) is 2.64. The third kappa shape index (κ3) is 2.85. The lowest BCUT2D eigenvalue weighted by Crippen LogP contribution is -2.43. The Kier molecular flexibility index (Phi) is 4.44. The maximum Gasteiger partial charge on any atom is 0.310 e. The number of esters is 1. The summed E-state index contributed by atoms with van der Waals surface area (Å²) in [5.41, 5.74) is 0. The predicted molar refractivity (Wildman–Crippen MR) is 71.3 cm³/mol. The molecule has 8 heteroatoms. The maximum atomic E-state index is 12.5. The fraction of sp³-hybridized carbons (Fsp3) is 0.667. The summed E-state index contributed by atoms with van der Waals surface area (Å²) in [6, 6.07) is 1.46. The van der Waals surface area contributed by atoms with Crippen LogP contribution in [0.3, 0.4) is 0 Å². The Labute approximate surface area is 118 Å². The Balaban J connectivity index is 2.17. The molecule has 0 bridgehead atoms. The first-order chi connectivity index (χ1) is 9.46. The van der Waals surface area contributed by atoms with Gasteiger partial charge in [0.1, 0.15) is 0 Å². The first-order valence-electron chi connectivity index (χ1n) is 6.61. The molecule has 1 aromatic rings. The first kappa shape index (κ1) is 15.0. The summed E-state index contributed by atoms with van der Waals surface area (Å²) in [4.78, 5) is 11.8. The summed E-state index contributed by atoms with van der Waals surface area (Å²) < 4.78 is 32.7. The van der Waals surface area contributed by atoms with Crippen LogP contribution in [0.5, 0.6) is 0 Å². The molecule has 0 N–H and O–H groups in total. The number of ether oxygens (including phenoxy) is 1. The number of carbonyl (C=O) groups excluding carboxylic acids is 1. The van der Waals surface area contributed by atoms with Gasteiger partial charge in [0.05, 0.1) is 18.7 Å². The molecule has 0 aliphatic carbocycles. The molecule has 0 aromatic carbocycles. The number of aryl methyl sites for hydroxylation is 1. The summed E-state index contributed by atoms with van der Waals surface area (Å²) >= 11 is 0. The molecule has 0 unspecified atom stereocenters. The smallest absolute Gasteiger partial charge is 0.310 e. The topological polar surface area (TPSA) is 81.5 Å². The summed E-state index contributed by atoms with van der Waals surface area (Å²) in [7, 11) is -2.02. The second-order valence-electron chi connectivity index (χ2n) is 4.75. The molecule has 0 saturated carbocycles. The van der Waals surface area contributed by atoms with Crippen molar-refractivity contribution < 1.29 is 17.9 Å². The van der Waals surface area contributed by atoms with E-state index in [0.29, 0.717) is 26.0 Å². The van der Waals surface area contributed by atoms with Gasteiger partial charge in [0, 0.05) is 20.1 Å². The second kappa shape index (κ2) is 5.92. The van der Waals surface area contributed by atoms with E-state index in [0.717, 1.165) is 0 Å². The molecule has 7 nitrogen and oxygen atoms in total. The van der Waals surface area contributed by atoms with Crippen LogP contribution in [0.25, 0.3) is 0 Å². The third-order valence-electron chi connectivity index (χ3n) is 3.38. The molecule has 1 atom stereocenters. The zero-order valence-corrected chi connectivity index (χ0v) is 12.5.